The minimum absolute atomic E-state index is 0.0867. The van der Waals surface area contributed by atoms with Crippen LogP contribution in [-0.4, -0.2) is 69.8 Å². The number of aliphatic hydroxyl groups is 1. The molecule has 11 nitrogen and oxygen atoms in total. The van der Waals surface area contributed by atoms with E-state index in [0.29, 0.717) is 48.1 Å². The van der Waals surface area contributed by atoms with Gasteiger partial charge in [-0.1, -0.05) is 23.4 Å². The molecular formula is C22H22N6O5. The zero-order valence-electron chi connectivity index (χ0n) is 17.8. The average Bonchev–Trinajstić information content (AvgIpc) is 3.39. The summed E-state index contributed by atoms with van der Waals surface area (Å²) in [5.41, 5.74) is 6.11. The third kappa shape index (κ3) is 3.70. The Morgan fingerprint density at radius 3 is 2.76 bits per heavy atom. The van der Waals surface area contributed by atoms with Crippen LogP contribution < -0.4 is 11.1 Å². The minimum Gasteiger partial charge on any atom is -0.377 e. The second-order valence-electron chi connectivity index (χ2n) is 8.19. The van der Waals surface area contributed by atoms with Gasteiger partial charge >= 0.3 is 0 Å². The number of likely N-dealkylation sites (N-methyl/N-ethyl adjacent to an activating group) is 1. The maximum Gasteiger partial charge on any atom is 0.269 e. The average molecular weight is 450 g/mol. The number of nitrogens with two attached hydrogens (primary N) is 1. The first kappa shape index (κ1) is 21.0. The van der Waals surface area contributed by atoms with Gasteiger partial charge in [0, 0.05) is 37.2 Å². The largest absolute Gasteiger partial charge is 0.377 e. The molecule has 5 rings (SSSR count). The summed E-state index contributed by atoms with van der Waals surface area (Å²) < 4.78 is 10.5. The number of rotatable bonds is 6. The molecule has 1 atom stereocenters. The van der Waals surface area contributed by atoms with Crippen molar-refractivity contribution in [1.29, 1.82) is 0 Å². The third-order valence-electron chi connectivity index (χ3n) is 5.86. The maximum absolute atomic E-state index is 12.3. The molecule has 2 aliphatic rings. The van der Waals surface area contributed by atoms with Gasteiger partial charge in [0.2, 0.25) is 5.60 Å². The van der Waals surface area contributed by atoms with E-state index in [0.717, 1.165) is 0 Å². The molecule has 2 fully saturated rings. The molecule has 11 heteroatoms. The summed E-state index contributed by atoms with van der Waals surface area (Å²) in [4.78, 5) is 34.5. The van der Waals surface area contributed by atoms with Crippen LogP contribution in [-0.2, 0) is 15.1 Å². The van der Waals surface area contributed by atoms with E-state index in [1.54, 1.807) is 37.4 Å². The molecule has 0 saturated carbocycles. The van der Waals surface area contributed by atoms with E-state index in [1.165, 1.54) is 11.1 Å². The van der Waals surface area contributed by atoms with E-state index in [1.807, 2.05) is 0 Å². The predicted molar refractivity (Wildman–Crippen MR) is 116 cm³/mol. The standard InChI is InChI=1S/C22H22N6O5/c1-28-6-5-22(31,21(28)30)17-8-15(27-33-17)12-3-2-4-13(7-12)20-24-9-16(18(26-20)19(23)29)25-14-10-32-11-14/h2-4,7-9,14,25,31H,5-6,10-11H2,1H3,(H2,23,29). The molecule has 2 aromatic heterocycles. The van der Waals surface area contributed by atoms with Crippen molar-refractivity contribution in [2.45, 2.75) is 18.1 Å². The Labute approximate surface area is 188 Å². The van der Waals surface area contributed by atoms with Crippen molar-refractivity contribution in [2.75, 3.05) is 32.1 Å². The molecule has 33 heavy (non-hydrogen) atoms. The van der Waals surface area contributed by atoms with E-state index >= 15 is 0 Å². The summed E-state index contributed by atoms with van der Waals surface area (Å²) in [7, 11) is 1.63. The van der Waals surface area contributed by atoms with Crippen LogP contribution in [0.2, 0.25) is 0 Å². The number of benzene rings is 1. The van der Waals surface area contributed by atoms with E-state index in [4.69, 9.17) is 15.0 Å². The Hall–Kier alpha value is -3.83. The fourth-order valence-electron chi connectivity index (χ4n) is 3.86. The van der Waals surface area contributed by atoms with Crippen molar-refractivity contribution in [3.63, 3.8) is 0 Å². The zero-order valence-corrected chi connectivity index (χ0v) is 17.8. The van der Waals surface area contributed by atoms with Crippen LogP contribution in [0.5, 0.6) is 0 Å². The number of anilines is 1. The lowest BCUT2D eigenvalue weighted by molar-refractivity contribution is -0.144. The number of primary amides is 1. The highest BCUT2D eigenvalue weighted by Crippen LogP contribution is 2.35. The van der Waals surface area contributed by atoms with Crippen molar-refractivity contribution in [1.82, 2.24) is 20.0 Å². The highest BCUT2D eigenvalue weighted by atomic mass is 16.5. The highest BCUT2D eigenvalue weighted by molar-refractivity contribution is 5.96. The lowest BCUT2D eigenvalue weighted by Gasteiger charge is -2.28. The van der Waals surface area contributed by atoms with Gasteiger partial charge in [0.1, 0.15) is 5.69 Å². The molecule has 0 spiro atoms. The molecule has 170 valence electrons. The number of nitrogens with zero attached hydrogens (tertiary/aromatic N) is 4. The van der Waals surface area contributed by atoms with E-state index in [-0.39, 0.29) is 23.9 Å². The summed E-state index contributed by atoms with van der Waals surface area (Å²) in [6.45, 7) is 1.51. The summed E-state index contributed by atoms with van der Waals surface area (Å²) in [6, 6.07) is 8.80. The molecular weight excluding hydrogens is 428 g/mol. The lowest BCUT2D eigenvalue weighted by atomic mass is 9.98. The molecule has 4 N–H and O–H groups in total. The number of amides is 2. The third-order valence-corrected chi connectivity index (χ3v) is 5.86. The van der Waals surface area contributed by atoms with E-state index in [2.05, 4.69) is 20.4 Å². The topological polar surface area (TPSA) is 157 Å². The van der Waals surface area contributed by atoms with Crippen LogP contribution >= 0.6 is 0 Å². The molecule has 3 aromatic rings. The number of likely N-dealkylation sites (tertiary alicyclic amines) is 1. The lowest BCUT2D eigenvalue weighted by Crippen LogP contribution is -2.41. The Morgan fingerprint density at radius 2 is 2.09 bits per heavy atom. The SMILES string of the molecule is CN1CCC(O)(c2cc(-c3cccc(-c4ncc(NC5COC5)c(C(N)=O)n4)c3)no2)C1=O. The van der Waals surface area contributed by atoms with Gasteiger partial charge < -0.3 is 30.3 Å². The number of nitrogens with one attached hydrogen (secondary N) is 1. The van der Waals surface area contributed by atoms with Gasteiger partial charge in [-0.25, -0.2) is 9.97 Å². The Bertz CT molecular complexity index is 1240. The van der Waals surface area contributed by atoms with Crippen molar-refractivity contribution in [3.05, 3.63) is 48.0 Å². The van der Waals surface area contributed by atoms with Crippen LogP contribution in [0.15, 0.2) is 41.1 Å². The van der Waals surface area contributed by atoms with Crippen LogP contribution in [0.4, 0.5) is 5.69 Å². The fourth-order valence-corrected chi connectivity index (χ4v) is 3.86. The van der Waals surface area contributed by atoms with Gasteiger partial charge in [0.15, 0.2) is 17.3 Å². The van der Waals surface area contributed by atoms with Gasteiger partial charge in [-0.15, -0.1) is 0 Å². The summed E-state index contributed by atoms with van der Waals surface area (Å²) in [6.07, 6.45) is 1.76. The Morgan fingerprint density at radius 1 is 1.30 bits per heavy atom. The van der Waals surface area contributed by atoms with Gasteiger partial charge in [-0.05, 0) is 6.07 Å². The normalized spacial score (nSPS) is 20.7. The van der Waals surface area contributed by atoms with Gasteiger partial charge in [0.05, 0.1) is 31.1 Å². The predicted octanol–water partition coefficient (Wildman–Crippen LogP) is 0.758. The molecule has 0 aliphatic carbocycles. The van der Waals surface area contributed by atoms with Crippen LogP contribution in [0.25, 0.3) is 22.6 Å². The number of hydrogen-bond acceptors (Lipinski definition) is 9. The molecule has 0 radical (unpaired) electrons. The number of hydrogen-bond donors (Lipinski definition) is 3. The molecule has 0 bridgehead atoms. The quantitative estimate of drug-likeness (QED) is 0.493. The highest BCUT2D eigenvalue weighted by Gasteiger charge is 2.48. The fraction of sp³-hybridized carbons (Fsp3) is 0.318. The molecule has 2 saturated heterocycles. The van der Waals surface area contributed by atoms with Crippen molar-refractivity contribution in [2.24, 2.45) is 5.73 Å². The molecule has 2 amide bonds. The first-order chi connectivity index (χ1) is 15.8. The number of carbonyl (C=O) groups excluding carboxylic acids is 2. The first-order valence-electron chi connectivity index (χ1n) is 10.4. The maximum atomic E-state index is 12.3. The first-order valence-corrected chi connectivity index (χ1v) is 10.4. The van der Waals surface area contributed by atoms with Crippen molar-refractivity contribution in [3.8, 4) is 22.6 Å². The van der Waals surface area contributed by atoms with Crippen LogP contribution in [0.1, 0.15) is 22.7 Å². The Balaban J connectivity index is 1.44. The van der Waals surface area contributed by atoms with E-state index < -0.39 is 17.4 Å². The van der Waals surface area contributed by atoms with Crippen LogP contribution in [0.3, 0.4) is 0 Å². The molecule has 4 heterocycles. The van der Waals surface area contributed by atoms with E-state index in [9.17, 15) is 14.7 Å². The second-order valence-corrected chi connectivity index (χ2v) is 8.19. The molecule has 1 aromatic carbocycles. The number of ether oxygens (including phenoxy) is 1. The smallest absolute Gasteiger partial charge is 0.269 e. The van der Waals surface area contributed by atoms with Gasteiger partial charge in [-0.3, -0.25) is 9.59 Å². The number of aromatic nitrogens is 3. The minimum atomic E-state index is -1.72. The number of carbonyl (C=O) groups is 2. The summed E-state index contributed by atoms with van der Waals surface area (Å²) >= 11 is 0. The molecule has 1 unspecified atom stereocenters. The monoisotopic (exact) mass is 450 g/mol. The van der Waals surface area contributed by atoms with Crippen molar-refractivity contribution < 1.29 is 24.0 Å². The second kappa shape index (κ2) is 7.94. The summed E-state index contributed by atoms with van der Waals surface area (Å²) in [5, 5.41) is 18.0. The molecule has 2 aliphatic heterocycles. The van der Waals surface area contributed by atoms with Gasteiger partial charge in [-0.2, -0.15) is 0 Å². The Kier molecular flexibility index (Phi) is 5.06. The summed E-state index contributed by atoms with van der Waals surface area (Å²) in [5.74, 6) is -0.678. The zero-order chi connectivity index (χ0) is 23.2. The van der Waals surface area contributed by atoms with Gasteiger partial charge in [0.25, 0.3) is 11.8 Å². The van der Waals surface area contributed by atoms with Crippen LogP contribution in [0, 0.1) is 0 Å². The van der Waals surface area contributed by atoms with Crippen molar-refractivity contribution >= 4 is 17.5 Å².